The summed E-state index contributed by atoms with van der Waals surface area (Å²) in [4.78, 5) is 22.1. The molecule has 0 radical (unpaired) electrons. The van der Waals surface area contributed by atoms with Gasteiger partial charge in [-0.3, -0.25) is 14.4 Å². The minimum Gasteiger partial charge on any atom is -0.483 e. The fraction of sp³-hybridized carbons (Fsp3) is 0.452. The van der Waals surface area contributed by atoms with E-state index < -0.39 is 32.5 Å². The summed E-state index contributed by atoms with van der Waals surface area (Å²) in [6.45, 7) is 3.76. The molecule has 3 aromatic rings. The number of aryl methyl sites for hydroxylation is 1. The first-order valence-corrected chi connectivity index (χ1v) is 16.2. The molecular weight excluding hydrogens is 628 g/mol. The van der Waals surface area contributed by atoms with Gasteiger partial charge in [-0.15, -0.1) is 0 Å². The third-order valence-electron chi connectivity index (χ3n) is 8.56. The highest BCUT2D eigenvalue weighted by atomic mass is 32.2. The van der Waals surface area contributed by atoms with E-state index >= 15 is 4.39 Å². The lowest BCUT2D eigenvalue weighted by molar-refractivity contribution is -0.137. The summed E-state index contributed by atoms with van der Waals surface area (Å²) in [5, 5.41) is 6.89. The van der Waals surface area contributed by atoms with Crippen molar-refractivity contribution >= 4 is 28.0 Å². The molecule has 0 amide bonds. The molecule has 15 heteroatoms. The van der Waals surface area contributed by atoms with Crippen molar-refractivity contribution in [3.8, 4) is 0 Å². The summed E-state index contributed by atoms with van der Waals surface area (Å²) in [7, 11) is -0.0761. The summed E-state index contributed by atoms with van der Waals surface area (Å²) >= 11 is 0. The number of likely N-dealkylation sites (tertiary alicyclic amines) is 1. The van der Waals surface area contributed by atoms with Gasteiger partial charge in [0.15, 0.2) is 0 Å². The average Bonchev–Trinajstić information content (AvgIpc) is 2.99. The lowest BCUT2D eigenvalue weighted by Crippen LogP contribution is -2.61. The molecule has 2 aliphatic rings. The molecule has 2 saturated heterocycles. The zero-order chi connectivity index (χ0) is 33.5. The van der Waals surface area contributed by atoms with Crippen molar-refractivity contribution in [2.75, 3.05) is 56.4 Å². The molecule has 1 atom stereocenters. The number of aromatic nitrogens is 2. The highest BCUT2D eigenvalue weighted by molar-refractivity contribution is 7.92. The van der Waals surface area contributed by atoms with E-state index in [1.165, 1.54) is 42.9 Å². The molecule has 0 aliphatic carbocycles. The molecule has 1 aromatic heterocycles. The number of sulfonamides is 1. The van der Waals surface area contributed by atoms with Crippen molar-refractivity contribution in [1.82, 2.24) is 19.8 Å². The maximum Gasteiger partial charge on any atom is 0.416 e. The zero-order valence-electron chi connectivity index (χ0n) is 25.6. The first-order valence-electron chi connectivity index (χ1n) is 14.7. The number of rotatable bonds is 10. The van der Waals surface area contributed by atoms with Gasteiger partial charge in [0.05, 0.1) is 5.56 Å². The van der Waals surface area contributed by atoms with Crippen molar-refractivity contribution in [2.45, 2.75) is 42.3 Å². The molecule has 2 fully saturated rings. The van der Waals surface area contributed by atoms with Crippen LogP contribution in [0.2, 0.25) is 0 Å². The fourth-order valence-electron chi connectivity index (χ4n) is 6.29. The minimum atomic E-state index is -4.41. The number of anilines is 2. The van der Waals surface area contributed by atoms with E-state index in [1.807, 2.05) is 0 Å². The second-order valence-electron chi connectivity index (χ2n) is 11.8. The van der Waals surface area contributed by atoms with Crippen LogP contribution < -0.4 is 9.62 Å². The number of carboxylic acid groups (broad SMARTS) is 1. The molecule has 0 unspecified atom stereocenters. The van der Waals surface area contributed by atoms with Crippen LogP contribution in [0.15, 0.2) is 66.0 Å². The number of benzene rings is 2. The second-order valence-corrected chi connectivity index (χ2v) is 13.5. The number of carbonyl (C=O) groups is 1. The molecule has 2 N–H and O–H groups in total. The molecule has 0 spiro atoms. The van der Waals surface area contributed by atoms with Crippen LogP contribution in [0.25, 0.3) is 0 Å². The Balaban J connectivity index is 0.00000154. The Morgan fingerprint density at radius 3 is 2.54 bits per heavy atom. The van der Waals surface area contributed by atoms with Crippen LogP contribution in [0.3, 0.4) is 0 Å². The lowest BCUT2D eigenvalue weighted by atomic mass is 9.81. The van der Waals surface area contributed by atoms with Crippen LogP contribution in [0.5, 0.6) is 0 Å². The summed E-state index contributed by atoms with van der Waals surface area (Å²) in [5.41, 5.74) is 0.157. The summed E-state index contributed by atoms with van der Waals surface area (Å²) in [6, 6.07) is 10.9. The molecule has 3 heterocycles. The van der Waals surface area contributed by atoms with Gasteiger partial charge in [-0.1, -0.05) is 18.2 Å². The summed E-state index contributed by atoms with van der Waals surface area (Å²) < 4.78 is 83.4. The Hall–Kier alpha value is -3.82. The minimum absolute atomic E-state index is 0.0285. The van der Waals surface area contributed by atoms with E-state index in [4.69, 9.17) is 9.90 Å². The predicted octanol–water partition coefficient (Wildman–Crippen LogP) is 4.60. The van der Waals surface area contributed by atoms with Crippen LogP contribution in [0.1, 0.15) is 30.4 Å². The quantitative estimate of drug-likeness (QED) is 0.237. The number of nitrogens with one attached hydrogen (secondary N) is 1. The van der Waals surface area contributed by atoms with Crippen LogP contribution in [0, 0.1) is 11.7 Å². The Labute approximate surface area is 266 Å². The first kappa shape index (κ1) is 35.0. The Bertz CT molecular complexity index is 1570. The molecule has 46 heavy (non-hydrogen) atoms. The normalized spacial score (nSPS) is 19.2. The van der Waals surface area contributed by atoms with E-state index in [0.717, 1.165) is 38.5 Å². The Morgan fingerprint density at radius 2 is 1.91 bits per heavy atom. The predicted molar refractivity (Wildman–Crippen MR) is 165 cm³/mol. The van der Waals surface area contributed by atoms with Gasteiger partial charge >= 0.3 is 6.18 Å². The molecular formula is C31H38F4N6O4S. The van der Waals surface area contributed by atoms with Gasteiger partial charge in [-0.25, -0.2) is 22.8 Å². The smallest absolute Gasteiger partial charge is 0.416 e. The average molecular weight is 667 g/mol. The molecule has 0 saturated carbocycles. The van der Waals surface area contributed by atoms with Gasteiger partial charge in [0.1, 0.15) is 22.9 Å². The number of alkyl halides is 3. The number of nitrogens with zero attached hydrogens (tertiary/aromatic N) is 5. The van der Waals surface area contributed by atoms with E-state index in [9.17, 15) is 21.6 Å². The second kappa shape index (κ2) is 14.7. The number of halogens is 4. The van der Waals surface area contributed by atoms with Crippen LogP contribution in [0.4, 0.5) is 29.1 Å². The third kappa shape index (κ3) is 8.70. The van der Waals surface area contributed by atoms with Gasteiger partial charge in [0, 0.05) is 50.1 Å². The van der Waals surface area contributed by atoms with Gasteiger partial charge in [0.2, 0.25) is 0 Å². The standard InChI is InChI=1S/C30H36F4N6O2S.CH2O2/c1-38-17-23(18-38)19-39(2)29(12-9-22-5-3-6-24(15-22)30(32,33)34)11-4-14-40(20-29)25-7-8-27(26(31)16-25)43(41,42)37-28-10-13-35-21-36-28;2-1-3/h3,5-8,10,13,15-16,21,23H,4,9,11-12,14,17-20H2,1-2H3,(H,35,36,37);1H,(H,2,3)/t29-;/m0./s1. The van der Waals surface area contributed by atoms with Crippen molar-refractivity contribution < 1.29 is 35.9 Å². The summed E-state index contributed by atoms with van der Waals surface area (Å²) in [6.07, 6.45) is 0.895. The van der Waals surface area contributed by atoms with Crippen molar-refractivity contribution in [2.24, 2.45) is 5.92 Å². The van der Waals surface area contributed by atoms with Crippen molar-refractivity contribution in [3.63, 3.8) is 0 Å². The molecule has 2 aliphatic heterocycles. The van der Waals surface area contributed by atoms with Crippen molar-refractivity contribution in [1.29, 1.82) is 0 Å². The van der Waals surface area contributed by atoms with E-state index in [1.54, 1.807) is 12.1 Å². The fourth-order valence-corrected chi connectivity index (χ4v) is 7.36. The number of hydrogen-bond donors (Lipinski definition) is 2. The van der Waals surface area contributed by atoms with Crippen LogP contribution in [-0.4, -0.2) is 92.1 Å². The Kier molecular flexibility index (Phi) is 11.2. The van der Waals surface area contributed by atoms with E-state index in [-0.39, 0.29) is 17.8 Å². The highest BCUT2D eigenvalue weighted by Crippen LogP contribution is 2.37. The molecule has 5 rings (SSSR count). The maximum absolute atomic E-state index is 15.3. The lowest BCUT2D eigenvalue weighted by Gasteiger charge is -2.51. The third-order valence-corrected chi connectivity index (χ3v) is 9.95. The van der Waals surface area contributed by atoms with Gasteiger partial charge in [0.25, 0.3) is 16.5 Å². The van der Waals surface area contributed by atoms with Crippen molar-refractivity contribution in [3.05, 3.63) is 78.0 Å². The van der Waals surface area contributed by atoms with Crippen LogP contribution >= 0.6 is 0 Å². The zero-order valence-corrected chi connectivity index (χ0v) is 26.4. The topological polar surface area (TPSA) is 119 Å². The maximum atomic E-state index is 15.3. The number of hydrogen-bond acceptors (Lipinski definition) is 8. The molecule has 10 nitrogen and oxygen atoms in total. The first-order chi connectivity index (χ1) is 21.8. The van der Waals surface area contributed by atoms with Gasteiger partial charge in [-0.2, -0.15) is 13.2 Å². The van der Waals surface area contributed by atoms with Gasteiger partial charge < -0.3 is 14.9 Å². The Morgan fingerprint density at radius 1 is 1.17 bits per heavy atom. The molecule has 0 bridgehead atoms. The summed E-state index contributed by atoms with van der Waals surface area (Å²) in [5.74, 6) is -0.356. The largest absolute Gasteiger partial charge is 0.483 e. The van der Waals surface area contributed by atoms with E-state index in [2.05, 4.69) is 43.5 Å². The molecule has 2 aromatic carbocycles. The highest BCUT2D eigenvalue weighted by Gasteiger charge is 2.41. The number of likely N-dealkylation sites (N-methyl/N-ethyl adjacent to an activating group) is 1. The monoisotopic (exact) mass is 666 g/mol. The van der Waals surface area contributed by atoms with E-state index in [0.29, 0.717) is 43.1 Å². The van der Waals surface area contributed by atoms with Crippen LogP contribution in [-0.2, 0) is 27.4 Å². The SMILES string of the molecule is CN1CC(CN(C)[C@]2(CCc3cccc(C(F)(F)F)c3)CCCN(c3ccc(S(=O)(=O)Nc4ccncn4)c(F)c3)C2)C1.O=CO. The number of piperidine rings is 1. The van der Waals surface area contributed by atoms with Gasteiger partial charge in [-0.05, 0) is 81.6 Å². The molecule has 250 valence electrons.